The summed E-state index contributed by atoms with van der Waals surface area (Å²) in [5.74, 6) is -0.327. The van der Waals surface area contributed by atoms with Crippen molar-refractivity contribution >= 4 is 33.2 Å². The van der Waals surface area contributed by atoms with Crippen LogP contribution in [0.15, 0.2) is 47.4 Å². The van der Waals surface area contributed by atoms with E-state index in [4.69, 9.17) is 0 Å². The van der Waals surface area contributed by atoms with E-state index in [1.54, 1.807) is 23.1 Å². The molecule has 0 aromatic heterocycles. The van der Waals surface area contributed by atoms with Crippen molar-refractivity contribution in [2.24, 2.45) is 0 Å². The SMILES string of the molecule is CC(=O)N1c2ccc(S(=O)(=O)NCCC(=O)Nc3ccccc3C)cc2C[C@@H]1C. The standard InChI is InChI=1S/C21H25N3O4S/c1-14-6-4-5-7-19(14)23-21(26)10-11-22-29(27,28)18-8-9-20-17(13-18)12-15(2)24(20)16(3)25/h4-9,13,15,22H,10-12H2,1-3H3,(H,23,26)/t15-/m0/s1. The fourth-order valence-corrected chi connectivity index (χ4v) is 4.64. The minimum absolute atomic E-state index is 0.00134. The summed E-state index contributed by atoms with van der Waals surface area (Å²) in [6, 6.07) is 12.2. The molecule has 29 heavy (non-hydrogen) atoms. The van der Waals surface area contributed by atoms with E-state index in [1.807, 2.05) is 32.0 Å². The molecule has 1 atom stereocenters. The Bertz CT molecular complexity index is 1050. The van der Waals surface area contributed by atoms with Gasteiger partial charge in [0, 0.05) is 37.3 Å². The van der Waals surface area contributed by atoms with E-state index in [9.17, 15) is 18.0 Å². The van der Waals surface area contributed by atoms with Crippen molar-refractivity contribution in [1.29, 1.82) is 0 Å². The number of benzene rings is 2. The highest BCUT2D eigenvalue weighted by atomic mass is 32.2. The summed E-state index contributed by atoms with van der Waals surface area (Å²) >= 11 is 0. The van der Waals surface area contributed by atoms with Crippen LogP contribution in [0.1, 0.15) is 31.4 Å². The predicted molar refractivity (Wildman–Crippen MR) is 112 cm³/mol. The molecule has 0 radical (unpaired) electrons. The van der Waals surface area contributed by atoms with Gasteiger partial charge in [-0.05, 0) is 55.7 Å². The van der Waals surface area contributed by atoms with Gasteiger partial charge in [-0.1, -0.05) is 18.2 Å². The molecule has 0 saturated heterocycles. The highest BCUT2D eigenvalue weighted by Gasteiger charge is 2.30. The number of carbonyl (C=O) groups is 2. The average molecular weight is 416 g/mol. The van der Waals surface area contributed by atoms with Crippen molar-refractivity contribution < 1.29 is 18.0 Å². The van der Waals surface area contributed by atoms with Gasteiger partial charge in [0.25, 0.3) is 0 Å². The first kappa shape index (κ1) is 21.0. The number of nitrogens with one attached hydrogen (secondary N) is 2. The van der Waals surface area contributed by atoms with Gasteiger partial charge in [0.15, 0.2) is 0 Å². The summed E-state index contributed by atoms with van der Waals surface area (Å²) in [5.41, 5.74) is 3.23. The molecule has 154 valence electrons. The smallest absolute Gasteiger partial charge is 0.240 e. The zero-order chi connectivity index (χ0) is 21.2. The summed E-state index contributed by atoms with van der Waals surface area (Å²) in [5, 5.41) is 2.78. The van der Waals surface area contributed by atoms with Crippen LogP contribution >= 0.6 is 0 Å². The maximum Gasteiger partial charge on any atom is 0.240 e. The molecule has 0 spiro atoms. The lowest BCUT2D eigenvalue weighted by Crippen LogP contribution is -2.33. The molecule has 2 N–H and O–H groups in total. The van der Waals surface area contributed by atoms with E-state index in [0.29, 0.717) is 12.1 Å². The fraction of sp³-hybridized carbons (Fsp3) is 0.333. The first-order valence-corrected chi connectivity index (χ1v) is 11.0. The molecule has 2 aromatic rings. The van der Waals surface area contributed by atoms with Crippen molar-refractivity contribution in [3.8, 4) is 0 Å². The first-order chi connectivity index (χ1) is 13.7. The zero-order valence-electron chi connectivity index (χ0n) is 16.7. The molecule has 0 bridgehead atoms. The van der Waals surface area contributed by atoms with Crippen molar-refractivity contribution in [2.75, 3.05) is 16.8 Å². The minimum Gasteiger partial charge on any atom is -0.326 e. The largest absolute Gasteiger partial charge is 0.326 e. The van der Waals surface area contributed by atoms with Crippen LogP contribution in [0.4, 0.5) is 11.4 Å². The number of aryl methyl sites for hydroxylation is 1. The molecule has 2 aromatic carbocycles. The third-order valence-electron chi connectivity index (χ3n) is 4.98. The maximum atomic E-state index is 12.6. The van der Waals surface area contributed by atoms with Gasteiger partial charge >= 0.3 is 0 Å². The molecule has 1 aliphatic rings. The van der Waals surface area contributed by atoms with Gasteiger partial charge in [-0.15, -0.1) is 0 Å². The maximum absolute atomic E-state index is 12.6. The van der Waals surface area contributed by atoms with Gasteiger partial charge in [-0.25, -0.2) is 13.1 Å². The number of sulfonamides is 1. The Kier molecular flexibility index (Phi) is 6.04. The van der Waals surface area contributed by atoms with Gasteiger partial charge < -0.3 is 10.2 Å². The van der Waals surface area contributed by atoms with E-state index < -0.39 is 10.0 Å². The molecular weight excluding hydrogens is 390 g/mol. The number of fused-ring (bicyclic) bond motifs is 1. The number of carbonyl (C=O) groups excluding carboxylic acids is 2. The summed E-state index contributed by atoms with van der Waals surface area (Å²) in [7, 11) is -3.75. The Labute approximate surface area is 171 Å². The number of hydrogen-bond donors (Lipinski definition) is 2. The van der Waals surface area contributed by atoms with Gasteiger partial charge in [-0.2, -0.15) is 0 Å². The number of nitrogens with zero attached hydrogens (tertiary/aromatic N) is 1. The van der Waals surface area contributed by atoms with Gasteiger partial charge in [-0.3, -0.25) is 9.59 Å². The fourth-order valence-electron chi connectivity index (χ4n) is 3.56. The predicted octanol–water partition coefficient (Wildman–Crippen LogP) is 2.60. The van der Waals surface area contributed by atoms with Gasteiger partial charge in [0.1, 0.15) is 0 Å². The molecule has 0 unspecified atom stereocenters. The number of para-hydroxylation sites is 1. The highest BCUT2D eigenvalue weighted by Crippen LogP contribution is 2.33. The van der Waals surface area contributed by atoms with E-state index in [0.717, 1.165) is 16.8 Å². The molecule has 8 heteroatoms. The molecule has 7 nitrogen and oxygen atoms in total. The lowest BCUT2D eigenvalue weighted by atomic mass is 10.1. The summed E-state index contributed by atoms with van der Waals surface area (Å²) < 4.78 is 27.7. The minimum atomic E-state index is -3.75. The second-order valence-electron chi connectivity index (χ2n) is 7.24. The number of amides is 2. The molecule has 2 amide bonds. The molecule has 1 aliphatic heterocycles. The van der Waals surface area contributed by atoms with Crippen LogP contribution in [0.5, 0.6) is 0 Å². The lowest BCUT2D eigenvalue weighted by Gasteiger charge is -2.20. The van der Waals surface area contributed by atoms with E-state index in [-0.39, 0.29) is 35.7 Å². The quantitative estimate of drug-likeness (QED) is 0.758. The second kappa shape index (κ2) is 8.34. The Morgan fingerprint density at radius 1 is 1.17 bits per heavy atom. The van der Waals surface area contributed by atoms with Crippen LogP contribution in [0.3, 0.4) is 0 Å². The van der Waals surface area contributed by atoms with Crippen LogP contribution in [0.25, 0.3) is 0 Å². The van der Waals surface area contributed by atoms with Crippen LogP contribution in [-0.2, 0) is 26.0 Å². The highest BCUT2D eigenvalue weighted by molar-refractivity contribution is 7.89. The van der Waals surface area contributed by atoms with Crippen molar-refractivity contribution in [3.63, 3.8) is 0 Å². The van der Waals surface area contributed by atoms with Gasteiger partial charge in [0.05, 0.1) is 4.90 Å². The van der Waals surface area contributed by atoms with Crippen LogP contribution in [0, 0.1) is 6.92 Å². The molecule has 3 rings (SSSR count). The summed E-state index contributed by atoms with van der Waals surface area (Å²) in [6.45, 7) is 5.31. The van der Waals surface area contributed by atoms with Crippen molar-refractivity contribution in [3.05, 3.63) is 53.6 Å². The Morgan fingerprint density at radius 2 is 1.90 bits per heavy atom. The zero-order valence-corrected chi connectivity index (χ0v) is 17.5. The third-order valence-corrected chi connectivity index (χ3v) is 6.44. The number of rotatable bonds is 6. The Hall–Kier alpha value is -2.71. The molecule has 0 saturated carbocycles. The molecule has 0 aliphatic carbocycles. The normalized spacial score (nSPS) is 15.8. The monoisotopic (exact) mass is 415 g/mol. The third kappa shape index (κ3) is 4.65. The van der Waals surface area contributed by atoms with Crippen molar-refractivity contribution in [2.45, 2.75) is 44.6 Å². The first-order valence-electron chi connectivity index (χ1n) is 9.47. The van der Waals surface area contributed by atoms with Crippen molar-refractivity contribution in [1.82, 2.24) is 4.72 Å². The van der Waals surface area contributed by atoms with Gasteiger partial charge in [0.2, 0.25) is 21.8 Å². The summed E-state index contributed by atoms with van der Waals surface area (Å²) in [4.78, 5) is 25.7. The topological polar surface area (TPSA) is 95.6 Å². The van der Waals surface area contributed by atoms with E-state index in [1.165, 1.54) is 13.0 Å². The molecule has 1 heterocycles. The second-order valence-corrected chi connectivity index (χ2v) is 9.01. The lowest BCUT2D eigenvalue weighted by molar-refractivity contribution is -0.117. The molecule has 0 fully saturated rings. The summed E-state index contributed by atoms with van der Waals surface area (Å²) in [6.07, 6.45) is 0.630. The Morgan fingerprint density at radius 3 is 2.59 bits per heavy atom. The van der Waals surface area contributed by atoms with Crippen LogP contribution in [-0.4, -0.2) is 32.8 Å². The van der Waals surface area contributed by atoms with Crippen LogP contribution in [0.2, 0.25) is 0 Å². The number of hydrogen-bond acceptors (Lipinski definition) is 4. The van der Waals surface area contributed by atoms with E-state index >= 15 is 0 Å². The number of anilines is 2. The van der Waals surface area contributed by atoms with Crippen LogP contribution < -0.4 is 14.9 Å². The Balaban J connectivity index is 1.62. The average Bonchev–Trinajstić information content (AvgIpc) is 2.98. The molecular formula is C21H25N3O4S. The van der Waals surface area contributed by atoms with E-state index in [2.05, 4.69) is 10.0 Å².